The van der Waals surface area contributed by atoms with Crippen LogP contribution >= 0.6 is 11.6 Å². The van der Waals surface area contributed by atoms with Gasteiger partial charge in [0.05, 0.1) is 6.54 Å². The molecule has 5 nitrogen and oxygen atoms in total. The molecule has 0 radical (unpaired) electrons. The first kappa shape index (κ1) is 16.1. The molecule has 3 N–H and O–H groups in total. The number of benzene rings is 1. The van der Waals surface area contributed by atoms with Crippen molar-refractivity contribution in [2.24, 2.45) is 0 Å². The maximum atomic E-state index is 11.8. The lowest BCUT2D eigenvalue weighted by atomic mass is 10.3. The molecule has 0 aliphatic carbocycles. The lowest BCUT2D eigenvalue weighted by Gasteiger charge is -2.10. The molecule has 0 atom stereocenters. The van der Waals surface area contributed by atoms with Gasteiger partial charge in [0.2, 0.25) is 5.91 Å². The van der Waals surface area contributed by atoms with E-state index in [0.717, 1.165) is 0 Å². The quantitative estimate of drug-likeness (QED) is 0.798. The number of alkyl halides is 3. The normalized spacial score (nSPS) is 10.8. The summed E-state index contributed by atoms with van der Waals surface area (Å²) >= 11 is 5.72. The van der Waals surface area contributed by atoms with Gasteiger partial charge in [-0.1, -0.05) is 17.7 Å². The fourth-order valence-electron chi connectivity index (χ4n) is 1.18. The minimum atomic E-state index is -4.53. The number of hydrogen-bond acceptors (Lipinski definition) is 3. The third-order valence-electron chi connectivity index (χ3n) is 1.98. The Kier molecular flexibility index (Phi) is 5.63. The average molecular weight is 310 g/mol. The lowest BCUT2D eigenvalue weighted by Crippen LogP contribution is -2.45. The molecule has 0 aliphatic rings. The zero-order chi connectivity index (χ0) is 15.2. The summed E-state index contributed by atoms with van der Waals surface area (Å²) < 4.78 is 35.4. The summed E-state index contributed by atoms with van der Waals surface area (Å²) in [6.45, 7) is -1.78. The minimum Gasteiger partial charge on any atom is -0.376 e. The highest BCUT2D eigenvalue weighted by Gasteiger charge is 2.27. The molecule has 0 saturated heterocycles. The summed E-state index contributed by atoms with van der Waals surface area (Å²) in [7, 11) is 0. The number of urea groups is 1. The standard InChI is InChI=1S/C11H11ClF3N3O2/c12-7-2-1-3-8(4-7)16-5-9(19)18-10(20)17-6-11(13,14)15/h1-4,16H,5-6H2,(H2,17,18,19,20). The van der Waals surface area contributed by atoms with Crippen LogP contribution in [0.2, 0.25) is 5.02 Å². The van der Waals surface area contributed by atoms with Crippen LogP contribution in [0.5, 0.6) is 0 Å². The Morgan fingerprint density at radius 3 is 2.55 bits per heavy atom. The highest BCUT2D eigenvalue weighted by molar-refractivity contribution is 6.30. The van der Waals surface area contributed by atoms with E-state index < -0.39 is 24.7 Å². The van der Waals surface area contributed by atoms with Gasteiger partial charge in [0.15, 0.2) is 0 Å². The van der Waals surface area contributed by atoms with Crippen molar-refractivity contribution in [3.05, 3.63) is 29.3 Å². The summed E-state index contributed by atoms with van der Waals surface area (Å²) in [5, 5.41) is 6.39. The number of anilines is 1. The van der Waals surface area contributed by atoms with Gasteiger partial charge in [0.1, 0.15) is 6.54 Å². The number of rotatable bonds is 4. The van der Waals surface area contributed by atoms with E-state index in [0.29, 0.717) is 10.7 Å². The lowest BCUT2D eigenvalue weighted by molar-refractivity contribution is -0.124. The van der Waals surface area contributed by atoms with E-state index in [2.05, 4.69) is 5.32 Å². The van der Waals surface area contributed by atoms with Crippen molar-refractivity contribution < 1.29 is 22.8 Å². The fourth-order valence-corrected chi connectivity index (χ4v) is 1.37. The summed E-state index contributed by atoms with van der Waals surface area (Å²) in [6, 6.07) is 5.28. The number of halogens is 4. The van der Waals surface area contributed by atoms with E-state index >= 15 is 0 Å². The summed E-state index contributed by atoms with van der Waals surface area (Å²) in [5.41, 5.74) is 0.545. The monoisotopic (exact) mass is 309 g/mol. The van der Waals surface area contributed by atoms with Crippen LogP contribution in [0.25, 0.3) is 0 Å². The number of hydrogen-bond donors (Lipinski definition) is 3. The highest BCUT2D eigenvalue weighted by Crippen LogP contribution is 2.14. The number of carbonyl (C=O) groups excluding carboxylic acids is 2. The van der Waals surface area contributed by atoms with Crippen LogP contribution in [0.3, 0.4) is 0 Å². The van der Waals surface area contributed by atoms with Gasteiger partial charge in [-0.15, -0.1) is 0 Å². The van der Waals surface area contributed by atoms with Crippen molar-refractivity contribution in [2.75, 3.05) is 18.4 Å². The van der Waals surface area contributed by atoms with Gasteiger partial charge in [-0.2, -0.15) is 13.2 Å². The molecule has 1 rings (SSSR count). The van der Waals surface area contributed by atoms with Gasteiger partial charge < -0.3 is 10.6 Å². The van der Waals surface area contributed by atoms with Crippen molar-refractivity contribution >= 4 is 29.2 Å². The van der Waals surface area contributed by atoms with Gasteiger partial charge in [-0.05, 0) is 18.2 Å². The Morgan fingerprint density at radius 2 is 1.95 bits per heavy atom. The van der Waals surface area contributed by atoms with E-state index in [4.69, 9.17) is 11.6 Å². The van der Waals surface area contributed by atoms with Gasteiger partial charge in [0.25, 0.3) is 0 Å². The van der Waals surface area contributed by atoms with Crippen molar-refractivity contribution in [3.63, 3.8) is 0 Å². The van der Waals surface area contributed by atoms with Crippen molar-refractivity contribution in [1.29, 1.82) is 0 Å². The molecule has 1 aromatic rings. The van der Waals surface area contributed by atoms with E-state index in [-0.39, 0.29) is 6.54 Å². The van der Waals surface area contributed by atoms with Gasteiger partial charge in [-0.3, -0.25) is 10.1 Å². The predicted molar refractivity (Wildman–Crippen MR) is 67.5 cm³/mol. The molecular formula is C11H11ClF3N3O2. The van der Waals surface area contributed by atoms with Crippen LogP contribution in [0.1, 0.15) is 0 Å². The molecule has 110 valence electrons. The van der Waals surface area contributed by atoms with Gasteiger partial charge in [-0.25, -0.2) is 4.79 Å². The maximum absolute atomic E-state index is 11.8. The third kappa shape index (κ3) is 6.83. The Hall–Kier alpha value is -1.96. The summed E-state index contributed by atoms with van der Waals surface area (Å²) in [4.78, 5) is 22.3. The SMILES string of the molecule is O=C(CNc1cccc(Cl)c1)NC(=O)NCC(F)(F)F. The summed E-state index contributed by atoms with van der Waals surface area (Å²) in [5.74, 6) is -0.773. The van der Waals surface area contributed by atoms with Crippen LogP contribution in [-0.4, -0.2) is 31.2 Å². The molecular weight excluding hydrogens is 299 g/mol. The molecule has 0 aromatic heterocycles. The van der Waals surface area contributed by atoms with Crippen LogP contribution in [0, 0.1) is 0 Å². The first-order valence-electron chi connectivity index (χ1n) is 5.40. The van der Waals surface area contributed by atoms with Crippen LogP contribution in [0.4, 0.5) is 23.7 Å². The molecule has 20 heavy (non-hydrogen) atoms. The van der Waals surface area contributed by atoms with E-state index in [9.17, 15) is 22.8 Å². The Bertz CT molecular complexity index is 494. The molecule has 9 heteroatoms. The minimum absolute atomic E-state index is 0.278. The first-order chi connectivity index (χ1) is 9.26. The van der Waals surface area contributed by atoms with Crippen LogP contribution < -0.4 is 16.0 Å². The zero-order valence-corrected chi connectivity index (χ0v) is 10.8. The Balaban J connectivity index is 2.31. The van der Waals surface area contributed by atoms with E-state index in [1.165, 1.54) is 5.32 Å². The molecule has 0 spiro atoms. The Morgan fingerprint density at radius 1 is 1.25 bits per heavy atom. The van der Waals surface area contributed by atoms with Crippen molar-refractivity contribution in [3.8, 4) is 0 Å². The number of amides is 3. The second-order valence-electron chi connectivity index (χ2n) is 3.71. The molecule has 1 aromatic carbocycles. The topological polar surface area (TPSA) is 70.2 Å². The maximum Gasteiger partial charge on any atom is 0.405 e. The highest BCUT2D eigenvalue weighted by atomic mass is 35.5. The number of carbonyl (C=O) groups is 2. The van der Waals surface area contributed by atoms with Crippen molar-refractivity contribution in [2.45, 2.75) is 6.18 Å². The third-order valence-corrected chi connectivity index (χ3v) is 2.22. The molecule has 0 fully saturated rings. The zero-order valence-electron chi connectivity index (χ0n) is 10.1. The second kappa shape index (κ2) is 6.99. The average Bonchev–Trinajstić information content (AvgIpc) is 2.33. The molecule has 0 heterocycles. The van der Waals surface area contributed by atoms with Gasteiger partial charge >= 0.3 is 12.2 Å². The van der Waals surface area contributed by atoms with Crippen LogP contribution in [0.15, 0.2) is 24.3 Å². The first-order valence-corrected chi connectivity index (χ1v) is 5.78. The van der Waals surface area contributed by atoms with Crippen molar-refractivity contribution in [1.82, 2.24) is 10.6 Å². The predicted octanol–water partition coefficient (Wildman–Crippen LogP) is 2.14. The largest absolute Gasteiger partial charge is 0.405 e. The van der Waals surface area contributed by atoms with Gasteiger partial charge in [0, 0.05) is 10.7 Å². The van der Waals surface area contributed by atoms with E-state index in [1.807, 2.05) is 0 Å². The second-order valence-corrected chi connectivity index (χ2v) is 4.15. The number of imide groups is 1. The Labute approximate surface area is 117 Å². The molecule has 0 aliphatic heterocycles. The molecule has 0 unspecified atom stereocenters. The summed E-state index contributed by atoms with van der Waals surface area (Å²) in [6.07, 6.45) is -4.53. The smallest absolute Gasteiger partial charge is 0.376 e. The van der Waals surface area contributed by atoms with Crippen LogP contribution in [-0.2, 0) is 4.79 Å². The number of nitrogens with one attached hydrogen (secondary N) is 3. The van der Waals surface area contributed by atoms with E-state index in [1.54, 1.807) is 29.6 Å². The molecule has 0 bridgehead atoms. The molecule has 3 amide bonds. The fraction of sp³-hybridized carbons (Fsp3) is 0.273. The molecule has 0 saturated carbocycles.